The van der Waals surface area contributed by atoms with Gasteiger partial charge in [-0.2, -0.15) is 0 Å². The molecule has 0 aliphatic heterocycles. The van der Waals surface area contributed by atoms with Gasteiger partial charge in [0.1, 0.15) is 0 Å². The summed E-state index contributed by atoms with van der Waals surface area (Å²) in [5, 5.41) is 4.08. The van der Waals surface area contributed by atoms with Gasteiger partial charge in [0.15, 0.2) is 29.3 Å². The maximum atomic E-state index is 5.96. The second-order valence-corrected chi connectivity index (χ2v) is 13.4. The van der Waals surface area contributed by atoms with E-state index in [2.05, 4.69) is 59.8 Å². The van der Waals surface area contributed by atoms with Gasteiger partial charge in [-0.15, -0.1) is 0 Å². The van der Waals surface area contributed by atoms with Crippen LogP contribution in [0.1, 0.15) is 41.5 Å². The Kier molecular flexibility index (Phi) is 11.7. The van der Waals surface area contributed by atoms with E-state index in [0.29, 0.717) is 0 Å². The third-order valence-electron chi connectivity index (χ3n) is 2.82. The van der Waals surface area contributed by atoms with Gasteiger partial charge in [-0.1, -0.05) is 33.8 Å². The fourth-order valence-electron chi connectivity index (χ4n) is 0.993. The Balaban J connectivity index is 4.29. The van der Waals surface area contributed by atoms with Gasteiger partial charge in [0.25, 0.3) is 0 Å². The summed E-state index contributed by atoms with van der Waals surface area (Å²) in [4.78, 5) is 0. The zero-order valence-electron chi connectivity index (χ0n) is 13.2. The minimum atomic E-state index is -1.88. The van der Waals surface area contributed by atoms with Crippen molar-refractivity contribution in [2.75, 3.05) is 0 Å². The van der Waals surface area contributed by atoms with Gasteiger partial charge in [-0.3, -0.25) is 0 Å². The molecule has 0 aromatic carbocycles. The zero-order valence-corrected chi connectivity index (χ0v) is 18.6. The number of rotatable bonds is 9. The zero-order chi connectivity index (χ0) is 14.7. The Morgan fingerprint density at radius 1 is 0.684 bits per heavy atom. The number of allylic oxidation sites excluding steroid dienone is 6. The van der Waals surface area contributed by atoms with Crippen molar-refractivity contribution < 1.29 is 12.3 Å². The van der Waals surface area contributed by atoms with Crippen LogP contribution in [0.5, 0.6) is 0 Å². The lowest BCUT2D eigenvalue weighted by atomic mass is 10.6. The average Bonchev–Trinajstić information content (AvgIpc) is 2.44. The number of hydrogen-bond donors (Lipinski definition) is 0. The largest absolute Gasteiger partial charge is 0.452 e. The first-order valence-electron chi connectivity index (χ1n) is 6.73. The van der Waals surface area contributed by atoms with E-state index in [-0.39, 0.29) is 0 Å². The first-order chi connectivity index (χ1) is 9.03. The van der Waals surface area contributed by atoms with E-state index in [9.17, 15) is 0 Å². The van der Waals surface area contributed by atoms with Crippen LogP contribution in [0.4, 0.5) is 0 Å². The van der Waals surface area contributed by atoms with E-state index >= 15 is 0 Å². The van der Waals surface area contributed by atoms with Gasteiger partial charge in [0.2, 0.25) is 0 Å². The molecule has 7 heteroatoms. The minimum absolute atomic E-state index is 0.636. The molecular weight excluding hydrogens is 304 g/mol. The summed E-state index contributed by atoms with van der Waals surface area (Å²) in [6.07, 6.45) is 6.38. The molecule has 19 heavy (non-hydrogen) atoms. The summed E-state index contributed by atoms with van der Waals surface area (Å²) in [5.74, 6) is 0. The van der Waals surface area contributed by atoms with Crippen molar-refractivity contribution in [3.05, 3.63) is 33.8 Å². The molecule has 0 saturated carbocycles. The van der Waals surface area contributed by atoms with Gasteiger partial charge in [-0.05, 0) is 41.5 Å². The fraction of sp³-hybridized carbons (Fsp3) is 0.500. The minimum Gasteiger partial charge on any atom is -0.420 e. The van der Waals surface area contributed by atoms with Crippen molar-refractivity contribution in [3.8, 4) is 0 Å². The molecule has 0 aliphatic carbocycles. The molecule has 0 N–H and O–H groups in total. The van der Waals surface area contributed by atoms with Crippen molar-refractivity contribution in [2.45, 2.75) is 41.5 Å². The van der Waals surface area contributed by atoms with E-state index < -0.39 is 38.8 Å². The third-order valence-corrected chi connectivity index (χ3v) is 10.7. The predicted molar refractivity (Wildman–Crippen MR) is 94.3 cm³/mol. The highest BCUT2D eigenvalue weighted by Gasteiger charge is 2.15. The van der Waals surface area contributed by atoms with Crippen LogP contribution in [0.2, 0.25) is 0 Å². The first kappa shape index (κ1) is 19.0. The Morgan fingerprint density at radius 2 is 0.947 bits per heavy atom. The van der Waals surface area contributed by atoms with Gasteiger partial charge in [0, 0.05) is 0 Å². The van der Waals surface area contributed by atoms with Crippen LogP contribution in [0.25, 0.3) is 0 Å². The summed E-state index contributed by atoms with van der Waals surface area (Å²) < 4.78 is 17.9. The Morgan fingerprint density at radius 3 is 1.16 bits per heavy atom. The van der Waals surface area contributed by atoms with Gasteiger partial charge >= 0.3 is 9.53 Å². The molecular formula is C12H28O3Si4. The molecule has 0 unspecified atom stereocenters. The molecule has 0 heterocycles. The maximum absolute atomic E-state index is 5.96. The molecule has 0 bridgehead atoms. The smallest absolute Gasteiger partial charge is 0.420 e. The lowest BCUT2D eigenvalue weighted by Crippen LogP contribution is -2.32. The monoisotopic (exact) mass is 332 g/mol. The van der Waals surface area contributed by atoms with Crippen molar-refractivity contribution in [3.63, 3.8) is 0 Å². The van der Waals surface area contributed by atoms with Crippen molar-refractivity contribution in [1.29, 1.82) is 0 Å². The normalized spacial score (nSPS) is 17.7. The van der Waals surface area contributed by atoms with Crippen LogP contribution >= 0.6 is 0 Å². The molecule has 0 saturated heterocycles. The van der Waals surface area contributed by atoms with Crippen molar-refractivity contribution >= 4 is 38.8 Å². The van der Waals surface area contributed by atoms with E-state index in [1.54, 1.807) is 0 Å². The topological polar surface area (TPSA) is 27.7 Å². The average molecular weight is 333 g/mol. The predicted octanol–water partition coefficient (Wildman–Crippen LogP) is 0.776. The molecule has 0 fully saturated rings. The second-order valence-electron chi connectivity index (χ2n) is 4.63. The van der Waals surface area contributed by atoms with Crippen LogP contribution in [0, 0.1) is 0 Å². The summed E-state index contributed by atoms with van der Waals surface area (Å²) in [6.45, 7) is 12.5. The van der Waals surface area contributed by atoms with Crippen LogP contribution < -0.4 is 0 Å². The summed E-state index contributed by atoms with van der Waals surface area (Å²) in [7, 11) is -3.79. The summed E-state index contributed by atoms with van der Waals surface area (Å²) in [6, 6.07) is 0. The number of hydrogen-bond acceptors (Lipinski definition) is 3. The first-order valence-corrected chi connectivity index (χ1v) is 12.0. The van der Waals surface area contributed by atoms with E-state index in [1.165, 1.54) is 15.6 Å². The third kappa shape index (κ3) is 10.4. The Labute approximate surface area is 126 Å². The van der Waals surface area contributed by atoms with E-state index in [1.807, 2.05) is 0 Å². The molecule has 0 aromatic heterocycles. The molecule has 0 radical (unpaired) electrons. The van der Waals surface area contributed by atoms with Crippen LogP contribution in [-0.2, 0) is 12.3 Å². The molecule has 3 nitrogen and oxygen atoms in total. The second kappa shape index (κ2) is 11.8. The van der Waals surface area contributed by atoms with Crippen molar-refractivity contribution in [2.24, 2.45) is 0 Å². The lowest BCUT2D eigenvalue weighted by molar-refractivity contribution is 0.334. The summed E-state index contributed by atoms with van der Waals surface area (Å²) in [5.41, 5.74) is 0. The molecule has 110 valence electrons. The van der Waals surface area contributed by atoms with Crippen molar-refractivity contribution in [1.82, 2.24) is 0 Å². The summed E-state index contributed by atoms with van der Waals surface area (Å²) >= 11 is 0. The molecule has 0 rings (SSSR count). The molecule has 0 aliphatic rings. The van der Waals surface area contributed by atoms with Gasteiger partial charge in [-0.25, -0.2) is 0 Å². The van der Waals surface area contributed by atoms with Crippen LogP contribution in [0.3, 0.4) is 0 Å². The Hall–Kier alpha value is -0.0325. The van der Waals surface area contributed by atoms with Gasteiger partial charge in [0.05, 0.1) is 0 Å². The highest BCUT2D eigenvalue weighted by Crippen LogP contribution is 2.00. The molecule has 0 aromatic rings. The highest BCUT2D eigenvalue weighted by atomic mass is 28.4. The lowest BCUT2D eigenvalue weighted by Gasteiger charge is -2.18. The maximum Gasteiger partial charge on any atom is 0.452 e. The van der Waals surface area contributed by atoms with Crippen LogP contribution in [-0.4, -0.2) is 38.8 Å². The van der Waals surface area contributed by atoms with Gasteiger partial charge < -0.3 is 12.3 Å². The fourth-order valence-corrected chi connectivity index (χ4v) is 10.0. The SMILES string of the molecule is CC=C(C)[SiH2]O[SiH](O[SiH2]C(C)=CC)O[SiH2]C(C)=CC. The highest BCUT2D eigenvalue weighted by molar-refractivity contribution is 6.62. The molecule has 0 atom stereocenters. The molecule has 0 amide bonds. The van der Waals surface area contributed by atoms with E-state index in [4.69, 9.17) is 12.3 Å². The van der Waals surface area contributed by atoms with Crippen LogP contribution in [0.15, 0.2) is 33.8 Å². The molecule has 0 spiro atoms. The quantitative estimate of drug-likeness (QED) is 0.584. The Bertz CT molecular complexity index is 288. The standard InChI is InChI=1S/C12H28O3Si4/c1-7-10(4)16-13-19(14-17-11(5)8-2)15-18-12(6)9-3/h7-9,19H,16-18H2,1-6H3. The van der Waals surface area contributed by atoms with E-state index in [0.717, 1.165) is 0 Å².